The van der Waals surface area contributed by atoms with E-state index < -0.39 is 41.3 Å². The molecule has 2 heterocycles. The number of benzene rings is 1. The highest BCUT2D eigenvalue weighted by Gasteiger charge is 2.45. The summed E-state index contributed by atoms with van der Waals surface area (Å²) in [7, 11) is 0. The smallest absolute Gasteiger partial charge is 0.407 e. The molecule has 10 heteroatoms. The molecule has 1 unspecified atom stereocenters. The third kappa shape index (κ3) is 6.22. The van der Waals surface area contributed by atoms with Crippen molar-refractivity contribution in [2.75, 3.05) is 18.4 Å². The van der Waals surface area contributed by atoms with Gasteiger partial charge in [-0.2, -0.15) is 0 Å². The number of carboxylic acid groups (broad SMARTS) is 1. The van der Waals surface area contributed by atoms with E-state index in [-0.39, 0.29) is 24.0 Å². The summed E-state index contributed by atoms with van der Waals surface area (Å²) in [5.74, 6) is -2.05. The molecule has 0 aliphatic carbocycles. The van der Waals surface area contributed by atoms with Crippen LogP contribution in [0, 0.1) is 0 Å². The molecule has 0 spiro atoms. The molecular weight excluding hydrogens is 464 g/mol. The van der Waals surface area contributed by atoms with E-state index in [1.54, 1.807) is 18.2 Å². The van der Waals surface area contributed by atoms with Gasteiger partial charge in [0.1, 0.15) is 6.04 Å². The number of hydrogen-bond acceptors (Lipinski definition) is 6. The number of carbonyl (C=O) groups excluding carboxylic acids is 4. The molecule has 2 aliphatic heterocycles. The van der Waals surface area contributed by atoms with Gasteiger partial charge < -0.3 is 15.3 Å². The first-order valence-corrected chi connectivity index (χ1v) is 12.6. The Bertz CT molecular complexity index is 1030. The highest BCUT2D eigenvalue weighted by atomic mass is 16.4. The Labute approximate surface area is 211 Å². The largest absolute Gasteiger partial charge is 0.465 e. The second-order valence-electron chi connectivity index (χ2n) is 10.3. The van der Waals surface area contributed by atoms with Gasteiger partial charge in [-0.05, 0) is 52.2 Å². The fourth-order valence-electron chi connectivity index (χ4n) is 4.71. The molecule has 196 valence electrons. The molecule has 1 saturated heterocycles. The van der Waals surface area contributed by atoms with Crippen molar-refractivity contribution >= 4 is 35.4 Å². The van der Waals surface area contributed by atoms with E-state index in [0.29, 0.717) is 18.8 Å². The number of fused-ring (bicyclic) bond motifs is 1. The third-order valence-electron chi connectivity index (χ3n) is 6.63. The molecule has 0 aromatic heterocycles. The topological polar surface area (TPSA) is 136 Å². The molecule has 2 aliphatic rings. The molecule has 3 rings (SSSR count). The van der Waals surface area contributed by atoms with Gasteiger partial charge in [-0.3, -0.25) is 29.4 Å². The third-order valence-corrected chi connectivity index (χ3v) is 6.63. The maximum absolute atomic E-state index is 13.1. The number of imide groups is 2. The lowest BCUT2D eigenvalue weighted by molar-refractivity contribution is -0.136. The summed E-state index contributed by atoms with van der Waals surface area (Å²) >= 11 is 0. The van der Waals surface area contributed by atoms with Crippen molar-refractivity contribution in [3.05, 3.63) is 29.3 Å². The molecule has 1 fully saturated rings. The van der Waals surface area contributed by atoms with E-state index in [4.69, 9.17) is 0 Å². The second kappa shape index (κ2) is 11.5. The first-order chi connectivity index (χ1) is 17.0. The summed E-state index contributed by atoms with van der Waals surface area (Å²) in [6, 6.07) is 4.06. The number of unbranched alkanes of at least 4 members (excludes halogenated alkanes) is 5. The van der Waals surface area contributed by atoms with Crippen LogP contribution in [-0.4, -0.2) is 69.3 Å². The predicted molar refractivity (Wildman–Crippen MR) is 134 cm³/mol. The van der Waals surface area contributed by atoms with E-state index in [9.17, 15) is 29.1 Å². The van der Waals surface area contributed by atoms with E-state index >= 15 is 0 Å². The van der Waals surface area contributed by atoms with Gasteiger partial charge in [0, 0.05) is 30.7 Å². The van der Waals surface area contributed by atoms with Gasteiger partial charge in [0.25, 0.3) is 11.8 Å². The minimum atomic E-state index is -0.978. The van der Waals surface area contributed by atoms with Gasteiger partial charge in [0.2, 0.25) is 11.8 Å². The Morgan fingerprint density at radius 1 is 1.06 bits per heavy atom. The first kappa shape index (κ1) is 27.2. The van der Waals surface area contributed by atoms with Gasteiger partial charge in [-0.25, -0.2) is 4.79 Å². The summed E-state index contributed by atoms with van der Waals surface area (Å²) in [5, 5.41) is 14.8. The van der Waals surface area contributed by atoms with Crippen LogP contribution in [0.25, 0.3) is 0 Å². The maximum Gasteiger partial charge on any atom is 0.407 e. The fraction of sp³-hybridized carbons (Fsp3) is 0.577. The zero-order valence-corrected chi connectivity index (χ0v) is 21.3. The number of carbonyl (C=O) groups is 5. The minimum Gasteiger partial charge on any atom is -0.465 e. The second-order valence-corrected chi connectivity index (χ2v) is 10.3. The van der Waals surface area contributed by atoms with Gasteiger partial charge in [-0.15, -0.1) is 0 Å². The highest BCUT2D eigenvalue weighted by Crippen LogP contribution is 2.32. The van der Waals surface area contributed by atoms with Gasteiger partial charge >= 0.3 is 6.09 Å². The zero-order chi connectivity index (χ0) is 26.5. The van der Waals surface area contributed by atoms with Crippen molar-refractivity contribution in [2.24, 2.45) is 0 Å². The van der Waals surface area contributed by atoms with Crippen LogP contribution in [0.1, 0.15) is 92.9 Å². The van der Waals surface area contributed by atoms with Crippen LogP contribution in [0.4, 0.5) is 10.5 Å². The molecule has 36 heavy (non-hydrogen) atoms. The molecule has 5 amide bonds. The molecule has 1 aromatic carbocycles. The van der Waals surface area contributed by atoms with Crippen LogP contribution >= 0.6 is 0 Å². The van der Waals surface area contributed by atoms with Crippen LogP contribution in [0.2, 0.25) is 0 Å². The molecule has 1 aromatic rings. The van der Waals surface area contributed by atoms with Gasteiger partial charge in [0.15, 0.2) is 0 Å². The normalized spacial score (nSPS) is 17.8. The average molecular weight is 501 g/mol. The summed E-state index contributed by atoms with van der Waals surface area (Å²) in [5.41, 5.74) is 0.700. The Hall–Kier alpha value is -3.43. The van der Waals surface area contributed by atoms with Crippen molar-refractivity contribution in [3.8, 4) is 0 Å². The number of amides is 5. The van der Waals surface area contributed by atoms with Crippen LogP contribution in [-0.2, 0) is 9.59 Å². The highest BCUT2D eigenvalue weighted by molar-refractivity contribution is 6.25. The lowest BCUT2D eigenvalue weighted by Gasteiger charge is -2.33. The van der Waals surface area contributed by atoms with Crippen molar-refractivity contribution in [1.82, 2.24) is 15.1 Å². The number of anilines is 1. The average Bonchev–Trinajstić information content (AvgIpc) is 3.05. The molecule has 0 saturated carbocycles. The Morgan fingerprint density at radius 3 is 2.36 bits per heavy atom. The molecule has 3 N–H and O–H groups in total. The van der Waals surface area contributed by atoms with Crippen LogP contribution in [0.5, 0.6) is 0 Å². The lowest BCUT2D eigenvalue weighted by Crippen LogP contribution is -2.54. The Morgan fingerprint density at radius 2 is 1.72 bits per heavy atom. The molecule has 0 radical (unpaired) electrons. The quantitative estimate of drug-likeness (QED) is 0.312. The van der Waals surface area contributed by atoms with Crippen molar-refractivity contribution in [3.63, 3.8) is 0 Å². The summed E-state index contributed by atoms with van der Waals surface area (Å²) in [6.45, 7) is 6.85. The van der Waals surface area contributed by atoms with Crippen molar-refractivity contribution < 1.29 is 29.1 Å². The number of hydrogen-bond donors (Lipinski definition) is 3. The fourth-order valence-corrected chi connectivity index (χ4v) is 4.71. The maximum atomic E-state index is 13.1. The molecule has 1 atom stereocenters. The summed E-state index contributed by atoms with van der Waals surface area (Å²) in [4.78, 5) is 63.5. The number of nitrogens with one attached hydrogen (secondary N) is 2. The van der Waals surface area contributed by atoms with Crippen molar-refractivity contribution in [1.29, 1.82) is 0 Å². The zero-order valence-electron chi connectivity index (χ0n) is 21.3. The van der Waals surface area contributed by atoms with Crippen LogP contribution in [0.15, 0.2) is 18.2 Å². The van der Waals surface area contributed by atoms with Gasteiger partial charge in [-0.1, -0.05) is 31.7 Å². The van der Waals surface area contributed by atoms with E-state index in [2.05, 4.69) is 10.6 Å². The molecule has 10 nitrogen and oxygen atoms in total. The van der Waals surface area contributed by atoms with Crippen LogP contribution in [0.3, 0.4) is 0 Å². The standard InChI is InChI=1S/C26H36N4O6/c1-26(2,3)29(25(35)36)16-9-7-5-4-6-8-15-27-18-12-10-11-17-21(18)24(34)30(23(17)33)19-13-14-20(31)28-22(19)32/h10-12,19,27H,4-9,13-16H2,1-3H3,(H,35,36)(H,28,31,32). The number of nitrogens with zero attached hydrogens (tertiary/aromatic N) is 2. The summed E-state index contributed by atoms with van der Waals surface area (Å²) in [6.07, 6.45) is 5.04. The van der Waals surface area contributed by atoms with Crippen LogP contribution < -0.4 is 10.6 Å². The van der Waals surface area contributed by atoms with E-state index in [1.807, 2.05) is 20.8 Å². The van der Waals surface area contributed by atoms with E-state index in [0.717, 1.165) is 43.4 Å². The number of rotatable bonds is 11. The van der Waals surface area contributed by atoms with Crippen molar-refractivity contribution in [2.45, 2.75) is 83.7 Å². The monoisotopic (exact) mass is 500 g/mol. The molecular formula is C26H36N4O6. The van der Waals surface area contributed by atoms with Gasteiger partial charge in [0.05, 0.1) is 11.1 Å². The Kier molecular flexibility index (Phi) is 8.70. The van der Waals surface area contributed by atoms with E-state index in [1.165, 1.54) is 4.90 Å². The first-order valence-electron chi connectivity index (χ1n) is 12.6. The lowest BCUT2D eigenvalue weighted by atomic mass is 10.0. The molecule has 0 bridgehead atoms. The predicted octanol–water partition coefficient (Wildman–Crippen LogP) is 3.62. The number of piperidine rings is 1. The summed E-state index contributed by atoms with van der Waals surface area (Å²) < 4.78 is 0. The SMILES string of the molecule is CC(C)(C)N(CCCCCCCCNc1cccc2c1C(=O)N(C1CCC(=O)NC1=O)C2=O)C(=O)O. The Balaban J connectivity index is 1.43. The minimum absolute atomic E-state index is 0.0866.